The predicted octanol–water partition coefficient (Wildman–Crippen LogP) is -1.10. The van der Waals surface area contributed by atoms with E-state index in [1.807, 2.05) is 0 Å². The van der Waals surface area contributed by atoms with Gasteiger partial charge in [-0.15, -0.1) is 0 Å². The number of carbonyl (C=O) groups is 4. The highest BCUT2D eigenvalue weighted by Gasteiger charge is 2.30. The van der Waals surface area contributed by atoms with Crippen molar-refractivity contribution in [3.05, 3.63) is 29.8 Å². The van der Waals surface area contributed by atoms with Crippen LogP contribution in [0.25, 0.3) is 0 Å². The molecule has 3 amide bonds. The van der Waals surface area contributed by atoms with Crippen LogP contribution in [0.1, 0.15) is 18.4 Å². The summed E-state index contributed by atoms with van der Waals surface area (Å²) in [5, 5.41) is 25.3. The molecule has 0 saturated carbocycles. The number of hydrogen-bond donors (Lipinski definition) is 5. The number of aromatic hydroxyl groups is 1. The lowest BCUT2D eigenvalue weighted by Gasteiger charge is -2.20. The van der Waals surface area contributed by atoms with Crippen molar-refractivity contribution in [3.63, 3.8) is 0 Å². The molecule has 1 aromatic carbocycles. The molecule has 25 heavy (non-hydrogen) atoms. The number of carboxylic acid groups (broad SMARTS) is 1. The Morgan fingerprint density at radius 3 is 2.48 bits per heavy atom. The molecule has 1 aliphatic rings. The third-order valence-electron chi connectivity index (χ3n) is 3.73. The van der Waals surface area contributed by atoms with E-state index in [0.29, 0.717) is 12.0 Å². The van der Waals surface area contributed by atoms with Crippen LogP contribution in [0.15, 0.2) is 24.3 Å². The molecule has 1 aliphatic heterocycles. The first-order valence-corrected chi connectivity index (χ1v) is 7.72. The molecule has 1 heterocycles. The van der Waals surface area contributed by atoms with E-state index in [1.165, 1.54) is 12.1 Å². The van der Waals surface area contributed by atoms with Gasteiger partial charge in [0.2, 0.25) is 17.7 Å². The minimum Gasteiger partial charge on any atom is -0.508 e. The van der Waals surface area contributed by atoms with E-state index in [4.69, 9.17) is 5.11 Å². The van der Waals surface area contributed by atoms with Gasteiger partial charge >= 0.3 is 5.97 Å². The van der Waals surface area contributed by atoms with Crippen LogP contribution in [0.4, 0.5) is 0 Å². The number of carbonyl (C=O) groups excluding carboxylic acids is 3. The van der Waals surface area contributed by atoms with Crippen molar-refractivity contribution in [2.75, 3.05) is 6.54 Å². The number of nitrogens with one attached hydrogen (secondary N) is 3. The van der Waals surface area contributed by atoms with Gasteiger partial charge in [0.15, 0.2) is 0 Å². The Morgan fingerprint density at radius 1 is 1.24 bits per heavy atom. The zero-order valence-electron chi connectivity index (χ0n) is 13.3. The summed E-state index contributed by atoms with van der Waals surface area (Å²) in [6.45, 7) is -0.569. The summed E-state index contributed by atoms with van der Waals surface area (Å²) in [5.74, 6) is -2.52. The molecule has 1 aromatic rings. The van der Waals surface area contributed by atoms with Crippen molar-refractivity contribution in [1.82, 2.24) is 16.0 Å². The number of hydrogen-bond acceptors (Lipinski definition) is 5. The third kappa shape index (κ3) is 5.48. The smallest absolute Gasteiger partial charge is 0.322 e. The number of amides is 3. The lowest BCUT2D eigenvalue weighted by atomic mass is 10.0. The SMILES string of the molecule is O=C(O)CNC(=O)[C@H](Cc1ccc(O)cc1)NC(=O)[C@@H]1CCC(=O)N1. The van der Waals surface area contributed by atoms with Crippen molar-refractivity contribution in [2.45, 2.75) is 31.3 Å². The minimum absolute atomic E-state index is 0.0633. The molecule has 9 nitrogen and oxygen atoms in total. The topological polar surface area (TPSA) is 145 Å². The van der Waals surface area contributed by atoms with Crippen LogP contribution in [-0.4, -0.2) is 52.5 Å². The Bertz CT molecular complexity index is 673. The van der Waals surface area contributed by atoms with E-state index in [-0.39, 0.29) is 24.5 Å². The fourth-order valence-electron chi connectivity index (χ4n) is 2.45. The molecule has 1 fully saturated rings. The average molecular weight is 349 g/mol. The van der Waals surface area contributed by atoms with Gasteiger partial charge in [-0.25, -0.2) is 0 Å². The molecule has 9 heteroatoms. The molecule has 0 aliphatic carbocycles. The second-order valence-corrected chi connectivity index (χ2v) is 5.70. The Balaban J connectivity index is 2.06. The van der Waals surface area contributed by atoms with Gasteiger partial charge in [-0.1, -0.05) is 12.1 Å². The molecular weight excluding hydrogens is 330 g/mol. The van der Waals surface area contributed by atoms with Crippen molar-refractivity contribution in [2.24, 2.45) is 0 Å². The number of phenols is 1. The van der Waals surface area contributed by atoms with Gasteiger partial charge in [-0.05, 0) is 24.1 Å². The molecule has 5 N–H and O–H groups in total. The predicted molar refractivity (Wildman–Crippen MR) is 85.6 cm³/mol. The van der Waals surface area contributed by atoms with E-state index in [9.17, 15) is 24.3 Å². The maximum Gasteiger partial charge on any atom is 0.322 e. The molecule has 0 aromatic heterocycles. The van der Waals surface area contributed by atoms with Gasteiger partial charge in [0.1, 0.15) is 24.4 Å². The summed E-state index contributed by atoms with van der Waals surface area (Å²) in [6.07, 6.45) is 0.692. The average Bonchev–Trinajstić information content (AvgIpc) is 3.00. The summed E-state index contributed by atoms with van der Waals surface area (Å²) in [5.41, 5.74) is 0.670. The molecule has 1 saturated heterocycles. The largest absolute Gasteiger partial charge is 0.508 e. The maximum absolute atomic E-state index is 12.2. The quantitative estimate of drug-likeness (QED) is 0.422. The summed E-state index contributed by atoms with van der Waals surface area (Å²) in [7, 11) is 0. The molecule has 0 unspecified atom stereocenters. The zero-order valence-corrected chi connectivity index (χ0v) is 13.3. The minimum atomic E-state index is -1.20. The summed E-state index contributed by atoms with van der Waals surface area (Å²) in [4.78, 5) is 46.3. The van der Waals surface area contributed by atoms with Crippen LogP contribution in [0.5, 0.6) is 5.75 Å². The van der Waals surface area contributed by atoms with Gasteiger partial charge in [0.25, 0.3) is 0 Å². The summed E-state index contributed by atoms with van der Waals surface area (Å²) in [6, 6.07) is 4.37. The van der Waals surface area contributed by atoms with E-state index in [2.05, 4.69) is 16.0 Å². The van der Waals surface area contributed by atoms with E-state index < -0.39 is 36.4 Å². The Morgan fingerprint density at radius 2 is 1.92 bits per heavy atom. The van der Waals surface area contributed by atoms with Crippen molar-refractivity contribution >= 4 is 23.7 Å². The van der Waals surface area contributed by atoms with Crippen molar-refractivity contribution in [1.29, 1.82) is 0 Å². The van der Waals surface area contributed by atoms with Gasteiger partial charge in [-0.3, -0.25) is 19.2 Å². The van der Waals surface area contributed by atoms with Gasteiger partial charge < -0.3 is 26.2 Å². The van der Waals surface area contributed by atoms with E-state index >= 15 is 0 Å². The van der Waals surface area contributed by atoms with Gasteiger partial charge in [0.05, 0.1) is 0 Å². The first-order valence-electron chi connectivity index (χ1n) is 7.72. The van der Waals surface area contributed by atoms with Crippen molar-refractivity contribution in [3.8, 4) is 5.75 Å². The summed E-state index contributed by atoms with van der Waals surface area (Å²) < 4.78 is 0. The molecule has 0 radical (unpaired) electrons. The number of benzene rings is 1. The van der Waals surface area contributed by atoms with Crippen LogP contribution < -0.4 is 16.0 Å². The van der Waals surface area contributed by atoms with E-state index in [1.54, 1.807) is 12.1 Å². The van der Waals surface area contributed by atoms with E-state index in [0.717, 1.165) is 0 Å². The number of carboxylic acids is 1. The molecule has 2 rings (SSSR count). The van der Waals surface area contributed by atoms with Gasteiger partial charge in [0, 0.05) is 12.8 Å². The number of rotatable bonds is 7. The fourth-order valence-corrected chi connectivity index (χ4v) is 2.45. The van der Waals surface area contributed by atoms with Crippen LogP contribution in [0.3, 0.4) is 0 Å². The van der Waals surface area contributed by atoms with Crippen LogP contribution in [-0.2, 0) is 25.6 Å². The lowest BCUT2D eigenvalue weighted by Crippen LogP contribution is -2.53. The second-order valence-electron chi connectivity index (χ2n) is 5.70. The molecule has 0 spiro atoms. The highest BCUT2D eigenvalue weighted by Crippen LogP contribution is 2.12. The number of phenolic OH excluding ortho intramolecular Hbond substituents is 1. The molecule has 0 bridgehead atoms. The Kier molecular flexibility index (Phi) is 5.93. The normalized spacial score (nSPS) is 17.4. The van der Waals surface area contributed by atoms with Crippen LogP contribution in [0.2, 0.25) is 0 Å². The standard InChI is InChI=1S/C16H19N3O6/c20-10-3-1-9(2-4-10)7-12(15(24)17-8-14(22)23)19-16(25)11-5-6-13(21)18-11/h1-4,11-12,20H,5-8H2,(H,17,24)(H,18,21)(H,19,25)(H,22,23)/t11-,12-/m0/s1. The van der Waals surface area contributed by atoms with Crippen LogP contribution in [0, 0.1) is 0 Å². The highest BCUT2D eigenvalue weighted by atomic mass is 16.4. The van der Waals surface area contributed by atoms with Crippen molar-refractivity contribution < 1.29 is 29.4 Å². The molecule has 2 atom stereocenters. The first-order chi connectivity index (χ1) is 11.8. The molecular formula is C16H19N3O6. The summed E-state index contributed by atoms with van der Waals surface area (Å²) >= 11 is 0. The Labute approximate surface area is 143 Å². The highest BCUT2D eigenvalue weighted by molar-refractivity contribution is 5.94. The Hall–Kier alpha value is -3.10. The number of aliphatic carboxylic acids is 1. The van der Waals surface area contributed by atoms with Gasteiger partial charge in [-0.2, -0.15) is 0 Å². The second kappa shape index (κ2) is 8.13. The lowest BCUT2D eigenvalue weighted by molar-refractivity contribution is -0.138. The monoisotopic (exact) mass is 349 g/mol. The zero-order chi connectivity index (χ0) is 18.4. The first kappa shape index (κ1) is 18.2. The van der Waals surface area contributed by atoms with Crippen LogP contribution >= 0.6 is 0 Å². The maximum atomic E-state index is 12.2. The third-order valence-corrected chi connectivity index (χ3v) is 3.73. The molecule has 134 valence electrons. The fraction of sp³-hybridized carbons (Fsp3) is 0.375.